The molecular weight excluding hydrogens is 252 g/mol. The highest BCUT2D eigenvalue weighted by Crippen LogP contribution is 2.23. The number of carbonyl (C=O) groups is 2. The molecule has 0 radical (unpaired) electrons. The molecule has 2 rings (SSSR count). The molecule has 0 spiro atoms. The normalized spacial score (nSPS) is 10.3. The van der Waals surface area contributed by atoms with Gasteiger partial charge in [-0.25, -0.2) is 0 Å². The van der Waals surface area contributed by atoms with Gasteiger partial charge in [0.2, 0.25) is 0 Å². The van der Waals surface area contributed by atoms with Gasteiger partial charge in [-0.1, -0.05) is 0 Å². The number of nitrogens with two attached hydrogens (primary N) is 1. The number of nitrogens with zero attached hydrogens (tertiary/aromatic N) is 2. The molecule has 2 aromatic rings. The van der Waals surface area contributed by atoms with E-state index >= 15 is 0 Å². The first-order valence-corrected chi connectivity index (χ1v) is 6.22. The van der Waals surface area contributed by atoms with Gasteiger partial charge in [-0.3, -0.25) is 14.3 Å². The summed E-state index contributed by atoms with van der Waals surface area (Å²) in [6.07, 6.45) is 1.72. The molecule has 0 saturated carbocycles. The third-order valence-electron chi connectivity index (χ3n) is 2.36. The van der Waals surface area contributed by atoms with Crippen molar-refractivity contribution in [1.82, 2.24) is 9.78 Å². The summed E-state index contributed by atoms with van der Waals surface area (Å²) in [6, 6.07) is 3.20. The lowest BCUT2D eigenvalue weighted by atomic mass is 10.3. The Morgan fingerprint density at radius 2 is 2.28 bits per heavy atom. The number of nitrogens with one attached hydrogen (secondary N) is 1. The van der Waals surface area contributed by atoms with E-state index in [1.807, 2.05) is 6.92 Å². The van der Waals surface area contributed by atoms with E-state index in [4.69, 9.17) is 5.73 Å². The monoisotopic (exact) mass is 264 g/mol. The van der Waals surface area contributed by atoms with Crippen LogP contribution in [0.25, 0.3) is 0 Å². The Balaban J connectivity index is 2.16. The molecule has 0 aliphatic carbocycles. The van der Waals surface area contributed by atoms with Gasteiger partial charge in [0.1, 0.15) is 5.00 Å². The molecule has 6 nitrogen and oxygen atoms in total. The molecule has 0 saturated heterocycles. The predicted molar refractivity (Wildman–Crippen MR) is 68.7 cm³/mol. The Hall–Kier alpha value is -2.15. The van der Waals surface area contributed by atoms with Crippen LogP contribution in [0.1, 0.15) is 27.8 Å². The molecule has 2 aromatic heterocycles. The summed E-state index contributed by atoms with van der Waals surface area (Å²) in [7, 11) is 0. The maximum atomic E-state index is 11.9. The van der Waals surface area contributed by atoms with Crippen LogP contribution in [0.3, 0.4) is 0 Å². The van der Waals surface area contributed by atoms with Crippen LogP contribution in [0, 0.1) is 0 Å². The third kappa shape index (κ3) is 2.40. The van der Waals surface area contributed by atoms with Crippen LogP contribution in [0.4, 0.5) is 5.00 Å². The molecule has 7 heteroatoms. The van der Waals surface area contributed by atoms with Gasteiger partial charge in [-0.2, -0.15) is 5.10 Å². The minimum Gasteiger partial charge on any atom is -0.366 e. The molecule has 94 valence electrons. The predicted octanol–water partition coefficient (Wildman–Crippen LogP) is 1.32. The first kappa shape index (κ1) is 12.3. The summed E-state index contributed by atoms with van der Waals surface area (Å²) in [5.41, 5.74) is 5.81. The van der Waals surface area contributed by atoms with Crippen molar-refractivity contribution in [2.45, 2.75) is 13.5 Å². The van der Waals surface area contributed by atoms with Gasteiger partial charge in [-0.15, -0.1) is 11.3 Å². The van der Waals surface area contributed by atoms with E-state index < -0.39 is 5.91 Å². The van der Waals surface area contributed by atoms with E-state index in [9.17, 15) is 9.59 Å². The Morgan fingerprint density at radius 1 is 1.50 bits per heavy atom. The van der Waals surface area contributed by atoms with Gasteiger partial charge in [0.15, 0.2) is 5.69 Å². The number of rotatable bonds is 4. The molecule has 0 aliphatic heterocycles. The highest BCUT2D eigenvalue weighted by molar-refractivity contribution is 7.14. The summed E-state index contributed by atoms with van der Waals surface area (Å²) < 4.78 is 1.65. The van der Waals surface area contributed by atoms with Crippen LogP contribution < -0.4 is 11.1 Å². The van der Waals surface area contributed by atoms with Crippen LogP contribution in [0.15, 0.2) is 23.7 Å². The van der Waals surface area contributed by atoms with Crippen LogP contribution in [-0.4, -0.2) is 21.6 Å². The lowest BCUT2D eigenvalue weighted by Gasteiger charge is -2.02. The number of aryl methyl sites for hydroxylation is 1. The van der Waals surface area contributed by atoms with E-state index in [0.717, 1.165) is 0 Å². The molecule has 18 heavy (non-hydrogen) atoms. The molecule has 0 bridgehead atoms. The number of hydrogen-bond donors (Lipinski definition) is 2. The molecule has 0 aliphatic rings. The lowest BCUT2D eigenvalue weighted by Crippen LogP contribution is -2.17. The van der Waals surface area contributed by atoms with Gasteiger partial charge in [0.25, 0.3) is 11.8 Å². The fourth-order valence-electron chi connectivity index (χ4n) is 1.43. The average molecular weight is 264 g/mol. The second kappa shape index (κ2) is 5.01. The maximum Gasteiger partial charge on any atom is 0.276 e. The topological polar surface area (TPSA) is 90.0 Å². The molecule has 0 fully saturated rings. The minimum absolute atomic E-state index is 0.306. The van der Waals surface area contributed by atoms with Crippen molar-refractivity contribution in [2.75, 3.05) is 5.32 Å². The highest BCUT2D eigenvalue weighted by Gasteiger charge is 2.15. The van der Waals surface area contributed by atoms with Crippen LogP contribution in [-0.2, 0) is 6.54 Å². The number of primary amides is 1. The summed E-state index contributed by atoms with van der Waals surface area (Å²) in [5, 5.41) is 8.84. The zero-order valence-corrected chi connectivity index (χ0v) is 10.5. The lowest BCUT2D eigenvalue weighted by molar-refractivity contribution is 0.100. The second-order valence-corrected chi connectivity index (χ2v) is 4.45. The largest absolute Gasteiger partial charge is 0.366 e. The number of carbonyl (C=O) groups excluding carboxylic acids is 2. The maximum absolute atomic E-state index is 11.9. The van der Waals surface area contributed by atoms with E-state index in [1.165, 1.54) is 11.3 Å². The van der Waals surface area contributed by atoms with Gasteiger partial charge in [-0.05, 0) is 24.4 Å². The summed E-state index contributed by atoms with van der Waals surface area (Å²) in [4.78, 5) is 23.0. The number of thiophene rings is 1. The molecule has 0 aromatic carbocycles. The van der Waals surface area contributed by atoms with E-state index in [2.05, 4.69) is 10.4 Å². The summed E-state index contributed by atoms with van der Waals surface area (Å²) in [6.45, 7) is 2.62. The molecular formula is C11H12N4O2S. The molecule has 2 amide bonds. The number of hydrogen-bond acceptors (Lipinski definition) is 4. The molecule has 2 heterocycles. The minimum atomic E-state index is -0.564. The Kier molecular flexibility index (Phi) is 3.42. The van der Waals surface area contributed by atoms with Gasteiger partial charge < -0.3 is 11.1 Å². The average Bonchev–Trinajstić information content (AvgIpc) is 2.96. The Morgan fingerprint density at radius 3 is 2.89 bits per heavy atom. The van der Waals surface area contributed by atoms with Crippen molar-refractivity contribution in [3.8, 4) is 0 Å². The fourth-order valence-corrected chi connectivity index (χ4v) is 2.21. The summed E-state index contributed by atoms with van der Waals surface area (Å²) in [5.74, 6) is -0.919. The Labute approximate surface area is 107 Å². The van der Waals surface area contributed by atoms with Crippen molar-refractivity contribution >= 4 is 28.2 Å². The van der Waals surface area contributed by atoms with E-state index in [1.54, 1.807) is 28.4 Å². The van der Waals surface area contributed by atoms with E-state index in [0.29, 0.717) is 22.8 Å². The van der Waals surface area contributed by atoms with E-state index in [-0.39, 0.29) is 5.91 Å². The molecule has 0 atom stereocenters. The van der Waals surface area contributed by atoms with Gasteiger partial charge in [0, 0.05) is 12.7 Å². The highest BCUT2D eigenvalue weighted by atomic mass is 32.1. The van der Waals surface area contributed by atoms with Crippen molar-refractivity contribution < 1.29 is 9.59 Å². The quantitative estimate of drug-likeness (QED) is 0.872. The zero-order valence-electron chi connectivity index (χ0n) is 9.71. The summed E-state index contributed by atoms with van der Waals surface area (Å²) >= 11 is 1.25. The third-order valence-corrected chi connectivity index (χ3v) is 3.18. The van der Waals surface area contributed by atoms with Gasteiger partial charge >= 0.3 is 0 Å². The standard InChI is InChI=1S/C11H12N4O2S/c1-2-15-5-3-8(14-15)10(17)13-11-7(9(12)16)4-6-18-11/h3-6H,2H2,1H3,(H2,12,16)(H,13,17). The zero-order chi connectivity index (χ0) is 13.1. The van der Waals surface area contributed by atoms with Gasteiger partial charge in [0.05, 0.1) is 5.56 Å². The van der Waals surface area contributed by atoms with Crippen molar-refractivity contribution in [3.05, 3.63) is 35.0 Å². The smallest absolute Gasteiger partial charge is 0.276 e. The van der Waals surface area contributed by atoms with Crippen molar-refractivity contribution in [3.63, 3.8) is 0 Å². The number of aromatic nitrogens is 2. The van der Waals surface area contributed by atoms with Crippen molar-refractivity contribution in [2.24, 2.45) is 5.73 Å². The second-order valence-electron chi connectivity index (χ2n) is 3.54. The first-order chi connectivity index (χ1) is 8.61. The van der Waals surface area contributed by atoms with Crippen LogP contribution >= 0.6 is 11.3 Å². The molecule has 3 N–H and O–H groups in total. The number of amides is 2. The van der Waals surface area contributed by atoms with Crippen LogP contribution in [0.2, 0.25) is 0 Å². The fraction of sp³-hybridized carbons (Fsp3) is 0.182. The number of anilines is 1. The van der Waals surface area contributed by atoms with Crippen molar-refractivity contribution in [1.29, 1.82) is 0 Å². The Bertz CT molecular complexity index is 587. The molecule has 0 unspecified atom stereocenters. The SMILES string of the molecule is CCn1ccc(C(=O)Nc2sccc2C(N)=O)n1. The van der Waals surface area contributed by atoms with Crippen LogP contribution in [0.5, 0.6) is 0 Å². The first-order valence-electron chi connectivity index (χ1n) is 5.34.